The van der Waals surface area contributed by atoms with Gasteiger partial charge in [0.05, 0.1) is 11.7 Å². The second-order valence-electron chi connectivity index (χ2n) is 4.84. The zero-order valence-electron chi connectivity index (χ0n) is 8.39. The Morgan fingerprint density at radius 2 is 2.15 bits per heavy atom. The fourth-order valence-corrected chi connectivity index (χ4v) is 3.28. The van der Waals surface area contributed by atoms with Crippen LogP contribution in [0.1, 0.15) is 45.4 Å². The van der Waals surface area contributed by atoms with Gasteiger partial charge in [0.25, 0.3) is 0 Å². The predicted molar refractivity (Wildman–Crippen MR) is 63.4 cm³/mol. The largest absolute Gasteiger partial charge is 0.371 e. The molecule has 0 amide bonds. The molecule has 0 radical (unpaired) electrons. The minimum absolute atomic E-state index is 0.263. The molecule has 0 heterocycles. The first kappa shape index (κ1) is 10.2. The van der Waals surface area contributed by atoms with E-state index in [-0.39, 0.29) is 5.60 Å². The molecule has 2 unspecified atom stereocenters. The third-order valence-electron chi connectivity index (χ3n) is 3.23. The maximum atomic E-state index is 6.20. The van der Waals surface area contributed by atoms with E-state index in [1.807, 2.05) is 0 Å². The molecule has 0 aromatic heterocycles. The third kappa shape index (κ3) is 2.58. The average molecular weight is 294 g/mol. The Labute approximate surface area is 94.8 Å². The lowest BCUT2D eigenvalue weighted by Crippen LogP contribution is -2.40. The number of hydrogen-bond donors (Lipinski definition) is 0. The van der Waals surface area contributed by atoms with Crippen molar-refractivity contribution in [1.29, 1.82) is 0 Å². The van der Waals surface area contributed by atoms with Gasteiger partial charge in [-0.2, -0.15) is 0 Å². The summed E-state index contributed by atoms with van der Waals surface area (Å²) in [7, 11) is 0. The zero-order chi connectivity index (χ0) is 9.31. The minimum Gasteiger partial charge on any atom is -0.371 e. The fraction of sp³-hybridized carbons (Fsp3) is 1.00. The molecular formula is C11H19IO. The van der Waals surface area contributed by atoms with Gasteiger partial charge in [-0.1, -0.05) is 42.4 Å². The summed E-state index contributed by atoms with van der Waals surface area (Å²) in [6.07, 6.45) is 8.63. The summed E-state index contributed by atoms with van der Waals surface area (Å²) in [6.45, 7) is 2.37. The highest BCUT2D eigenvalue weighted by Crippen LogP contribution is 2.41. The number of alkyl halides is 1. The Kier molecular flexibility index (Phi) is 3.18. The summed E-state index contributed by atoms with van der Waals surface area (Å²) in [5.74, 6) is 0.877. The van der Waals surface area contributed by atoms with Crippen molar-refractivity contribution in [2.75, 3.05) is 4.43 Å². The van der Waals surface area contributed by atoms with Gasteiger partial charge in [-0.15, -0.1) is 0 Å². The van der Waals surface area contributed by atoms with Gasteiger partial charge in [-0.05, 0) is 31.6 Å². The smallest absolute Gasteiger partial charge is 0.0777 e. The Morgan fingerprint density at radius 3 is 2.69 bits per heavy atom. The van der Waals surface area contributed by atoms with Crippen LogP contribution in [0.2, 0.25) is 0 Å². The lowest BCUT2D eigenvalue weighted by atomic mass is 9.80. The van der Waals surface area contributed by atoms with Gasteiger partial charge in [-0.3, -0.25) is 0 Å². The maximum Gasteiger partial charge on any atom is 0.0777 e. The summed E-state index contributed by atoms with van der Waals surface area (Å²) in [6, 6.07) is 0. The van der Waals surface area contributed by atoms with Gasteiger partial charge >= 0.3 is 0 Å². The number of ether oxygens (including phenoxy) is 1. The molecule has 1 nitrogen and oxygen atoms in total. The van der Waals surface area contributed by atoms with Crippen LogP contribution >= 0.6 is 22.6 Å². The van der Waals surface area contributed by atoms with Crippen LogP contribution in [0.3, 0.4) is 0 Å². The number of halogens is 1. The van der Waals surface area contributed by atoms with Crippen molar-refractivity contribution < 1.29 is 4.74 Å². The van der Waals surface area contributed by atoms with Gasteiger partial charge in [0.1, 0.15) is 0 Å². The monoisotopic (exact) mass is 294 g/mol. The molecule has 0 spiro atoms. The maximum absolute atomic E-state index is 6.20. The SMILES string of the molecule is CC1CCCC(CI)(OC2CC2)C1. The van der Waals surface area contributed by atoms with Crippen LogP contribution in [0, 0.1) is 5.92 Å². The van der Waals surface area contributed by atoms with E-state index in [9.17, 15) is 0 Å². The quantitative estimate of drug-likeness (QED) is 0.571. The average Bonchev–Trinajstić information content (AvgIpc) is 2.88. The van der Waals surface area contributed by atoms with Crippen LogP contribution < -0.4 is 0 Å². The molecule has 76 valence electrons. The van der Waals surface area contributed by atoms with Crippen molar-refractivity contribution >= 4 is 22.6 Å². The fourth-order valence-electron chi connectivity index (χ4n) is 2.41. The standard InChI is InChI=1S/C11H19IO/c1-9-3-2-6-11(7-9,8-12)13-10-4-5-10/h9-10H,2-8H2,1H3. The topological polar surface area (TPSA) is 9.23 Å². The van der Waals surface area contributed by atoms with Crippen LogP contribution in [0.5, 0.6) is 0 Å². The summed E-state index contributed by atoms with van der Waals surface area (Å²) in [4.78, 5) is 0. The molecule has 2 rings (SSSR count). The van der Waals surface area contributed by atoms with E-state index in [4.69, 9.17) is 4.74 Å². The lowest BCUT2D eigenvalue weighted by Gasteiger charge is -2.39. The van der Waals surface area contributed by atoms with Crippen molar-refractivity contribution in [3.05, 3.63) is 0 Å². The Balaban J connectivity index is 1.94. The summed E-state index contributed by atoms with van der Waals surface area (Å²) in [5, 5.41) is 0. The molecule has 2 atom stereocenters. The van der Waals surface area contributed by atoms with E-state index in [0.29, 0.717) is 6.10 Å². The Morgan fingerprint density at radius 1 is 1.38 bits per heavy atom. The molecule has 0 aliphatic heterocycles. The van der Waals surface area contributed by atoms with Crippen LogP contribution in [-0.2, 0) is 4.74 Å². The van der Waals surface area contributed by atoms with Crippen LogP contribution in [0.25, 0.3) is 0 Å². The van der Waals surface area contributed by atoms with Gasteiger partial charge in [0.2, 0.25) is 0 Å². The van der Waals surface area contributed by atoms with Crippen LogP contribution in [0.15, 0.2) is 0 Å². The Hall–Kier alpha value is 0.690. The Bertz CT molecular complexity index is 175. The molecule has 2 saturated carbocycles. The van der Waals surface area contributed by atoms with E-state index in [2.05, 4.69) is 29.5 Å². The van der Waals surface area contributed by atoms with Crippen LogP contribution in [-0.4, -0.2) is 16.1 Å². The van der Waals surface area contributed by atoms with Crippen molar-refractivity contribution in [2.45, 2.75) is 57.2 Å². The second-order valence-corrected chi connectivity index (χ2v) is 5.60. The van der Waals surface area contributed by atoms with E-state index in [1.165, 1.54) is 43.0 Å². The molecule has 0 saturated heterocycles. The molecule has 0 aromatic carbocycles. The molecular weight excluding hydrogens is 275 g/mol. The highest BCUT2D eigenvalue weighted by Gasteiger charge is 2.39. The lowest BCUT2D eigenvalue weighted by molar-refractivity contribution is -0.0716. The third-order valence-corrected chi connectivity index (χ3v) is 4.62. The molecule has 0 bridgehead atoms. The highest BCUT2D eigenvalue weighted by atomic mass is 127. The van der Waals surface area contributed by atoms with Gasteiger partial charge in [-0.25, -0.2) is 0 Å². The van der Waals surface area contributed by atoms with Crippen molar-refractivity contribution in [2.24, 2.45) is 5.92 Å². The second kappa shape index (κ2) is 4.05. The first-order chi connectivity index (χ1) is 6.24. The summed E-state index contributed by atoms with van der Waals surface area (Å²) >= 11 is 2.51. The first-order valence-corrected chi connectivity index (χ1v) is 7.00. The molecule has 13 heavy (non-hydrogen) atoms. The molecule has 2 aliphatic carbocycles. The van der Waals surface area contributed by atoms with Crippen molar-refractivity contribution in [3.8, 4) is 0 Å². The van der Waals surface area contributed by atoms with Crippen LogP contribution in [0.4, 0.5) is 0 Å². The van der Waals surface area contributed by atoms with E-state index >= 15 is 0 Å². The molecule has 0 aromatic rings. The zero-order valence-corrected chi connectivity index (χ0v) is 10.5. The highest BCUT2D eigenvalue weighted by molar-refractivity contribution is 14.1. The van der Waals surface area contributed by atoms with Gasteiger partial charge in [0.15, 0.2) is 0 Å². The predicted octanol–water partition coefficient (Wildman–Crippen LogP) is 3.55. The van der Waals surface area contributed by atoms with E-state index in [1.54, 1.807) is 0 Å². The van der Waals surface area contributed by atoms with Gasteiger partial charge < -0.3 is 4.74 Å². The number of rotatable bonds is 3. The molecule has 2 aliphatic rings. The normalized spacial score (nSPS) is 40.6. The summed E-state index contributed by atoms with van der Waals surface area (Å²) in [5.41, 5.74) is 0.263. The molecule has 2 heteroatoms. The van der Waals surface area contributed by atoms with Gasteiger partial charge in [0, 0.05) is 4.43 Å². The molecule has 2 fully saturated rings. The van der Waals surface area contributed by atoms with Crippen molar-refractivity contribution in [1.82, 2.24) is 0 Å². The number of hydrogen-bond acceptors (Lipinski definition) is 1. The van der Waals surface area contributed by atoms with Crippen molar-refractivity contribution in [3.63, 3.8) is 0 Å². The minimum atomic E-state index is 0.263. The van der Waals surface area contributed by atoms with E-state index in [0.717, 1.165) is 5.92 Å². The summed E-state index contributed by atoms with van der Waals surface area (Å²) < 4.78 is 7.39. The van der Waals surface area contributed by atoms with E-state index < -0.39 is 0 Å². The molecule has 0 N–H and O–H groups in total. The first-order valence-electron chi connectivity index (χ1n) is 5.48.